The van der Waals surface area contributed by atoms with Gasteiger partial charge >= 0.3 is 5.97 Å². The highest BCUT2D eigenvalue weighted by Gasteiger charge is 2.25. The summed E-state index contributed by atoms with van der Waals surface area (Å²) in [6.45, 7) is 1.91. The van der Waals surface area contributed by atoms with Crippen molar-refractivity contribution in [2.24, 2.45) is 0 Å². The van der Waals surface area contributed by atoms with Crippen LogP contribution in [0.2, 0.25) is 5.02 Å². The first-order valence-electron chi connectivity index (χ1n) is 9.59. The Kier molecular flexibility index (Phi) is 7.61. The molecule has 0 spiro atoms. The van der Waals surface area contributed by atoms with E-state index in [0.717, 1.165) is 0 Å². The highest BCUT2D eigenvalue weighted by molar-refractivity contribution is 7.15. The van der Waals surface area contributed by atoms with Crippen LogP contribution in [-0.4, -0.2) is 39.8 Å². The molecule has 0 bridgehead atoms. The lowest BCUT2D eigenvalue weighted by Crippen LogP contribution is -2.15. The van der Waals surface area contributed by atoms with Gasteiger partial charge in [-0.05, 0) is 25.1 Å². The van der Waals surface area contributed by atoms with Crippen LogP contribution in [0, 0.1) is 0 Å². The molecule has 0 fully saturated rings. The maximum Gasteiger partial charge on any atom is 0.341 e. The highest BCUT2D eigenvalue weighted by Crippen LogP contribution is 2.41. The predicted octanol–water partition coefficient (Wildman–Crippen LogP) is 5.52. The molecule has 9 heteroatoms. The molecule has 0 saturated heterocycles. The minimum Gasteiger partial charge on any atom is -0.493 e. The van der Waals surface area contributed by atoms with Gasteiger partial charge in [-0.25, -0.2) is 4.79 Å². The minimum atomic E-state index is -0.552. The maximum absolute atomic E-state index is 13.1. The van der Waals surface area contributed by atoms with Gasteiger partial charge < -0.3 is 24.3 Å². The summed E-state index contributed by atoms with van der Waals surface area (Å²) in [6, 6.07) is 10.2. The summed E-state index contributed by atoms with van der Waals surface area (Å²) < 4.78 is 21.2. The fourth-order valence-corrected chi connectivity index (χ4v) is 4.30. The monoisotopic (exact) mass is 475 g/mol. The third-order valence-electron chi connectivity index (χ3n) is 4.59. The molecule has 0 aliphatic heterocycles. The van der Waals surface area contributed by atoms with Gasteiger partial charge in [-0.15, -0.1) is 11.3 Å². The Hall–Kier alpha value is -3.23. The first-order chi connectivity index (χ1) is 15.4. The molecule has 0 unspecified atom stereocenters. The van der Waals surface area contributed by atoms with Gasteiger partial charge in [0.15, 0.2) is 11.5 Å². The Morgan fingerprint density at radius 1 is 1.00 bits per heavy atom. The van der Waals surface area contributed by atoms with Crippen molar-refractivity contribution in [3.63, 3.8) is 0 Å². The minimum absolute atomic E-state index is 0.191. The van der Waals surface area contributed by atoms with Crippen molar-refractivity contribution < 1.29 is 28.5 Å². The van der Waals surface area contributed by atoms with E-state index in [9.17, 15) is 9.59 Å². The third-order valence-corrected chi connectivity index (χ3v) is 5.81. The predicted molar refractivity (Wildman–Crippen MR) is 125 cm³/mol. The highest BCUT2D eigenvalue weighted by atomic mass is 35.5. The van der Waals surface area contributed by atoms with E-state index in [1.165, 1.54) is 44.8 Å². The zero-order valence-corrected chi connectivity index (χ0v) is 19.6. The van der Waals surface area contributed by atoms with Gasteiger partial charge in [-0.3, -0.25) is 4.79 Å². The molecule has 168 valence electrons. The standard InChI is InChI=1S/C23H22ClNO6S/c1-5-31-23(27)19-15(14-8-6-7-9-16(14)24)12-32-22(19)25-21(26)13-10-17(28-2)20(30-4)18(11-13)29-3/h6-12H,5H2,1-4H3,(H,25,26). The second-order valence-electron chi connectivity index (χ2n) is 6.42. The van der Waals surface area contributed by atoms with Crippen LogP contribution in [0.15, 0.2) is 41.8 Å². The molecule has 7 nitrogen and oxygen atoms in total. The number of amides is 1. The zero-order chi connectivity index (χ0) is 23.3. The van der Waals surface area contributed by atoms with E-state index < -0.39 is 11.9 Å². The largest absolute Gasteiger partial charge is 0.493 e. The molecular formula is C23H22ClNO6S. The average Bonchev–Trinajstić information content (AvgIpc) is 3.21. The number of benzene rings is 2. The number of halogens is 1. The number of anilines is 1. The smallest absolute Gasteiger partial charge is 0.341 e. The molecule has 1 aromatic heterocycles. The van der Waals surface area contributed by atoms with Gasteiger partial charge in [0.1, 0.15) is 10.6 Å². The van der Waals surface area contributed by atoms with E-state index in [2.05, 4.69) is 5.32 Å². The van der Waals surface area contributed by atoms with Gasteiger partial charge in [-0.2, -0.15) is 0 Å². The van der Waals surface area contributed by atoms with Gasteiger partial charge in [0.25, 0.3) is 5.91 Å². The van der Waals surface area contributed by atoms with Crippen LogP contribution in [-0.2, 0) is 4.74 Å². The van der Waals surface area contributed by atoms with E-state index in [-0.39, 0.29) is 17.7 Å². The van der Waals surface area contributed by atoms with E-state index >= 15 is 0 Å². The Bertz CT molecular complexity index is 1120. The van der Waals surface area contributed by atoms with Crippen molar-refractivity contribution in [2.75, 3.05) is 33.3 Å². The van der Waals surface area contributed by atoms with Crippen molar-refractivity contribution in [1.29, 1.82) is 0 Å². The number of methoxy groups -OCH3 is 3. The molecule has 3 aromatic rings. The van der Waals surface area contributed by atoms with Gasteiger partial charge in [-0.1, -0.05) is 29.8 Å². The van der Waals surface area contributed by atoms with Gasteiger partial charge in [0, 0.05) is 27.1 Å². The number of carbonyl (C=O) groups is 2. The summed E-state index contributed by atoms with van der Waals surface area (Å²) in [6.07, 6.45) is 0. The molecule has 0 saturated carbocycles. The number of nitrogens with one attached hydrogen (secondary N) is 1. The number of thiophene rings is 1. The average molecular weight is 476 g/mol. The molecule has 1 heterocycles. The van der Waals surface area contributed by atoms with E-state index in [1.54, 1.807) is 30.5 Å². The van der Waals surface area contributed by atoms with E-state index in [0.29, 0.717) is 38.4 Å². The quantitative estimate of drug-likeness (QED) is 0.432. The summed E-state index contributed by atoms with van der Waals surface area (Å²) >= 11 is 7.55. The molecule has 0 radical (unpaired) electrons. The molecule has 0 aliphatic rings. The molecule has 0 aliphatic carbocycles. The number of carbonyl (C=O) groups excluding carboxylic acids is 2. The van der Waals surface area contributed by atoms with Crippen molar-refractivity contribution in [1.82, 2.24) is 0 Å². The number of ether oxygens (including phenoxy) is 4. The summed E-state index contributed by atoms with van der Waals surface area (Å²) in [5.41, 5.74) is 1.76. The Morgan fingerprint density at radius 3 is 2.22 bits per heavy atom. The molecule has 1 amide bonds. The molecule has 3 rings (SSSR count). The van der Waals surface area contributed by atoms with E-state index in [1.807, 2.05) is 6.07 Å². The molecular weight excluding hydrogens is 454 g/mol. The Labute approximate surface area is 194 Å². The number of hydrogen-bond donors (Lipinski definition) is 1. The second kappa shape index (κ2) is 10.4. The van der Waals surface area contributed by atoms with Crippen molar-refractivity contribution in [3.05, 3.63) is 57.9 Å². The maximum atomic E-state index is 13.1. The van der Waals surface area contributed by atoms with Crippen LogP contribution in [0.1, 0.15) is 27.6 Å². The zero-order valence-electron chi connectivity index (χ0n) is 18.0. The molecule has 2 aromatic carbocycles. The van der Waals surface area contributed by atoms with Gasteiger partial charge in [0.2, 0.25) is 5.75 Å². The van der Waals surface area contributed by atoms with Crippen LogP contribution in [0.25, 0.3) is 11.1 Å². The van der Waals surface area contributed by atoms with Crippen LogP contribution < -0.4 is 19.5 Å². The van der Waals surface area contributed by atoms with Crippen LogP contribution in [0.5, 0.6) is 17.2 Å². The lowest BCUT2D eigenvalue weighted by atomic mass is 10.0. The summed E-state index contributed by atoms with van der Waals surface area (Å²) in [5, 5.41) is 5.39. The number of esters is 1. The lowest BCUT2D eigenvalue weighted by molar-refractivity contribution is 0.0529. The van der Waals surface area contributed by atoms with Crippen molar-refractivity contribution in [3.8, 4) is 28.4 Å². The fraction of sp³-hybridized carbons (Fsp3) is 0.217. The normalized spacial score (nSPS) is 10.4. The first kappa shape index (κ1) is 23.4. The summed E-state index contributed by atoms with van der Waals surface area (Å²) in [4.78, 5) is 25.8. The van der Waals surface area contributed by atoms with Crippen LogP contribution in [0.3, 0.4) is 0 Å². The Balaban J connectivity index is 2.03. The topological polar surface area (TPSA) is 83.1 Å². The lowest BCUT2D eigenvalue weighted by Gasteiger charge is -2.14. The van der Waals surface area contributed by atoms with Crippen LogP contribution in [0.4, 0.5) is 5.00 Å². The molecule has 1 N–H and O–H groups in total. The first-order valence-corrected chi connectivity index (χ1v) is 10.9. The number of hydrogen-bond acceptors (Lipinski definition) is 7. The van der Waals surface area contributed by atoms with Crippen molar-refractivity contribution in [2.45, 2.75) is 6.92 Å². The SMILES string of the molecule is CCOC(=O)c1c(-c2ccccc2Cl)csc1NC(=O)c1cc(OC)c(OC)c(OC)c1. The summed E-state index contributed by atoms with van der Waals surface area (Å²) in [5.74, 6) is 0.0400. The Morgan fingerprint density at radius 2 is 1.66 bits per heavy atom. The van der Waals surface area contributed by atoms with Crippen molar-refractivity contribution >= 4 is 39.8 Å². The molecule has 0 atom stereocenters. The second-order valence-corrected chi connectivity index (χ2v) is 7.71. The molecule has 32 heavy (non-hydrogen) atoms. The summed E-state index contributed by atoms with van der Waals surface area (Å²) in [7, 11) is 4.41. The van der Waals surface area contributed by atoms with E-state index in [4.69, 9.17) is 30.5 Å². The van der Waals surface area contributed by atoms with Crippen LogP contribution >= 0.6 is 22.9 Å². The fourth-order valence-electron chi connectivity index (χ4n) is 3.12. The number of rotatable bonds is 8. The van der Waals surface area contributed by atoms with Gasteiger partial charge in [0.05, 0.1) is 27.9 Å². The third kappa shape index (κ3) is 4.66.